The molecule has 0 aliphatic heterocycles. The van der Waals surface area contributed by atoms with Crippen molar-refractivity contribution in [2.45, 2.75) is 43.9 Å². The average Bonchev–Trinajstić information content (AvgIpc) is 2.60. The Labute approximate surface area is 192 Å². The molecular weight excluding hydrogens is 475 g/mol. The van der Waals surface area contributed by atoms with E-state index in [0.717, 1.165) is 0 Å². The first-order valence-corrected chi connectivity index (χ1v) is 10.1. The average molecular weight is 496 g/mol. The standard InChI is InChI=1S/C23H21Cl2F6N/c1-12(2)18-11-17(6-7-19(18)24)32-13(3)20(21(4,5)25)14-8-15(22(26,27)28)10-16(9-14)23(29,30)31/h6-11,20,32H,1,3H2,2,4-5H3. The maximum atomic E-state index is 13.3. The number of allylic oxidation sites excluding steroid dienone is 2. The molecule has 0 amide bonds. The van der Waals surface area contributed by atoms with Crippen LogP contribution in [0.2, 0.25) is 5.02 Å². The molecule has 1 N–H and O–H groups in total. The van der Waals surface area contributed by atoms with Gasteiger partial charge in [-0.3, -0.25) is 0 Å². The van der Waals surface area contributed by atoms with Crippen molar-refractivity contribution in [3.05, 3.63) is 82.5 Å². The van der Waals surface area contributed by atoms with E-state index in [9.17, 15) is 26.3 Å². The maximum absolute atomic E-state index is 13.3. The molecule has 0 radical (unpaired) electrons. The van der Waals surface area contributed by atoms with E-state index in [1.54, 1.807) is 25.1 Å². The lowest BCUT2D eigenvalue weighted by Gasteiger charge is -2.32. The molecule has 0 fully saturated rings. The van der Waals surface area contributed by atoms with E-state index in [1.807, 2.05) is 0 Å². The number of anilines is 1. The topological polar surface area (TPSA) is 12.0 Å². The number of alkyl halides is 7. The Morgan fingerprint density at radius 3 is 1.81 bits per heavy atom. The van der Waals surface area contributed by atoms with Crippen molar-refractivity contribution in [2.75, 3.05) is 5.32 Å². The molecule has 1 atom stereocenters. The molecule has 0 aromatic heterocycles. The van der Waals surface area contributed by atoms with E-state index in [1.165, 1.54) is 13.8 Å². The Balaban J connectivity index is 2.59. The van der Waals surface area contributed by atoms with Crippen LogP contribution < -0.4 is 5.32 Å². The van der Waals surface area contributed by atoms with Crippen LogP contribution in [0.3, 0.4) is 0 Å². The summed E-state index contributed by atoms with van der Waals surface area (Å²) in [5, 5.41) is 3.39. The molecule has 0 saturated carbocycles. The molecule has 1 unspecified atom stereocenters. The minimum Gasteiger partial charge on any atom is -0.359 e. The predicted octanol–water partition coefficient (Wildman–Crippen LogP) is 9.14. The van der Waals surface area contributed by atoms with Gasteiger partial charge in [0, 0.05) is 22.3 Å². The number of halogens is 8. The Morgan fingerprint density at radius 2 is 1.41 bits per heavy atom. The summed E-state index contributed by atoms with van der Waals surface area (Å²) in [5.74, 6) is -1.10. The van der Waals surface area contributed by atoms with Gasteiger partial charge in [0.15, 0.2) is 0 Å². The molecule has 0 saturated heterocycles. The van der Waals surface area contributed by atoms with Crippen LogP contribution in [0, 0.1) is 0 Å². The van der Waals surface area contributed by atoms with Crippen LogP contribution >= 0.6 is 23.2 Å². The lowest BCUT2D eigenvalue weighted by Crippen LogP contribution is -2.28. The first-order valence-electron chi connectivity index (χ1n) is 9.31. The van der Waals surface area contributed by atoms with Gasteiger partial charge >= 0.3 is 12.4 Å². The fourth-order valence-electron chi connectivity index (χ4n) is 3.35. The quantitative estimate of drug-likeness (QED) is 0.311. The third-order valence-electron chi connectivity index (χ3n) is 4.71. The van der Waals surface area contributed by atoms with Gasteiger partial charge in [-0.25, -0.2) is 0 Å². The van der Waals surface area contributed by atoms with Crippen LogP contribution in [-0.2, 0) is 12.4 Å². The molecule has 0 spiro atoms. The van der Waals surface area contributed by atoms with E-state index in [-0.39, 0.29) is 17.3 Å². The molecule has 0 bridgehead atoms. The summed E-state index contributed by atoms with van der Waals surface area (Å²) < 4.78 is 80.1. The van der Waals surface area contributed by atoms with Crippen LogP contribution in [0.25, 0.3) is 5.57 Å². The number of hydrogen-bond acceptors (Lipinski definition) is 1. The molecule has 1 nitrogen and oxygen atoms in total. The predicted molar refractivity (Wildman–Crippen MR) is 118 cm³/mol. The monoisotopic (exact) mass is 495 g/mol. The molecule has 0 aliphatic carbocycles. The Kier molecular flexibility index (Phi) is 7.37. The largest absolute Gasteiger partial charge is 0.416 e. The normalized spacial score (nSPS) is 13.6. The van der Waals surface area contributed by atoms with E-state index in [2.05, 4.69) is 18.5 Å². The molecule has 9 heteroatoms. The third kappa shape index (κ3) is 6.23. The SMILES string of the molecule is C=C(C)c1cc(NC(=C)C(c2cc(C(F)(F)F)cc(C(F)(F)F)c2)C(C)(C)Cl)ccc1Cl. The zero-order chi connectivity index (χ0) is 24.6. The smallest absolute Gasteiger partial charge is 0.359 e. The molecule has 174 valence electrons. The van der Waals surface area contributed by atoms with Crippen LogP contribution in [0.1, 0.15) is 48.9 Å². The fourth-order valence-corrected chi connectivity index (χ4v) is 3.88. The first kappa shape index (κ1) is 26.1. The van der Waals surface area contributed by atoms with Gasteiger partial charge in [0.05, 0.1) is 16.0 Å². The number of hydrogen-bond donors (Lipinski definition) is 1. The number of benzene rings is 2. The summed E-state index contributed by atoms with van der Waals surface area (Å²) in [6, 6.07) is 6.26. The molecule has 2 rings (SSSR count). The summed E-state index contributed by atoms with van der Waals surface area (Å²) in [6.07, 6.45) is -9.95. The highest BCUT2D eigenvalue weighted by Crippen LogP contribution is 2.44. The number of nitrogens with one attached hydrogen (secondary N) is 1. The Bertz CT molecular complexity index is 1000. The van der Waals surface area contributed by atoms with Gasteiger partial charge in [0.25, 0.3) is 0 Å². The summed E-state index contributed by atoms with van der Waals surface area (Å²) in [7, 11) is 0. The second-order valence-corrected chi connectivity index (χ2v) is 9.34. The van der Waals surface area contributed by atoms with Gasteiger partial charge < -0.3 is 5.32 Å². The Morgan fingerprint density at radius 1 is 0.906 bits per heavy atom. The van der Waals surface area contributed by atoms with Gasteiger partial charge in [0.1, 0.15) is 0 Å². The van der Waals surface area contributed by atoms with Crippen molar-refractivity contribution in [1.29, 1.82) is 0 Å². The minimum atomic E-state index is -4.97. The van der Waals surface area contributed by atoms with Crippen LogP contribution in [0.15, 0.2) is 55.3 Å². The van der Waals surface area contributed by atoms with Crippen LogP contribution in [-0.4, -0.2) is 4.87 Å². The highest BCUT2D eigenvalue weighted by molar-refractivity contribution is 6.32. The van der Waals surface area contributed by atoms with Gasteiger partial charge in [-0.05, 0) is 73.9 Å². The fraction of sp³-hybridized carbons (Fsp3) is 0.304. The molecule has 0 aliphatic rings. The van der Waals surface area contributed by atoms with Crippen molar-refractivity contribution in [1.82, 2.24) is 0 Å². The molecule has 0 heterocycles. The highest BCUT2D eigenvalue weighted by atomic mass is 35.5. The lowest BCUT2D eigenvalue weighted by atomic mass is 9.83. The zero-order valence-corrected chi connectivity index (χ0v) is 19.0. The summed E-state index contributed by atoms with van der Waals surface area (Å²) in [5.41, 5.74) is -1.21. The first-order chi connectivity index (χ1) is 14.4. The molecule has 32 heavy (non-hydrogen) atoms. The zero-order valence-electron chi connectivity index (χ0n) is 17.5. The van der Waals surface area contributed by atoms with Crippen molar-refractivity contribution in [2.24, 2.45) is 0 Å². The van der Waals surface area contributed by atoms with Gasteiger partial charge in [-0.15, -0.1) is 11.6 Å². The maximum Gasteiger partial charge on any atom is 0.416 e. The van der Waals surface area contributed by atoms with Gasteiger partial charge in [-0.2, -0.15) is 26.3 Å². The van der Waals surface area contributed by atoms with Crippen LogP contribution in [0.4, 0.5) is 32.0 Å². The highest BCUT2D eigenvalue weighted by Gasteiger charge is 2.40. The van der Waals surface area contributed by atoms with Crippen molar-refractivity contribution in [3.8, 4) is 0 Å². The van der Waals surface area contributed by atoms with E-state index in [0.29, 0.717) is 34.0 Å². The van der Waals surface area contributed by atoms with Gasteiger partial charge in [-0.1, -0.05) is 24.8 Å². The minimum absolute atomic E-state index is 0.0797. The van der Waals surface area contributed by atoms with Crippen LogP contribution in [0.5, 0.6) is 0 Å². The van der Waals surface area contributed by atoms with Crippen molar-refractivity contribution < 1.29 is 26.3 Å². The van der Waals surface area contributed by atoms with Crippen molar-refractivity contribution >= 4 is 34.5 Å². The molecular formula is C23H21Cl2F6N. The van der Waals surface area contributed by atoms with E-state index in [4.69, 9.17) is 23.2 Å². The lowest BCUT2D eigenvalue weighted by molar-refractivity contribution is -0.143. The Hall–Kier alpha value is -2.12. The second-order valence-electron chi connectivity index (χ2n) is 7.96. The summed E-state index contributed by atoms with van der Waals surface area (Å²) in [6.45, 7) is 12.4. The van der Waals surface area contributed by atoms with E-state index < -0.39 is 34.3 Å². The van der Waals surface area contributed by atoms with E-state index >= 15 is 0 Å². The summed E-state index contributed by atoms with van der Waals surface area (Å²) >= 11 is 12.6. The number of rotatable bonds is 6. The molecule has 2 aromatic rings. The van der Waals surface area contributed by atoms with Crippen molar-refractivity contribution in [3.63, 3.8) is 0 Å². The molecule has 2 aromatic carbocycles. The van der Waals surface area contributed by atoms with Gasteiger partial charge in [0.2, 0.25) is 0 Å². The third-order valence-corrected chi connectivity index (χ3v) is 5.26. The second kappa shape index (κ2) is 9.02. The summed E-state index contributed by atoms with van der Waals surface area (Å²) in [4.78, 5) is -1.28.